The van der Waals surface area contributed by atoms with Gasteiger partial charge in [0.25, 0.3) is 0 Å². The van der Waals surface area contributed by atoms with Crippen LogP contribution in [0.15, 0.2) is 42.7 Å². The van der Waals surface area contributed by atoms with Crippen LogP contribution in [-0.4, -0.2) is 33.4 Å². The van der Waals surface area contributed by atoms with E-state index >= 15 is 0 Å². The molecule has 0 N–H and O–H groups in total. The van der Waals surface area contributed by atoms with Crippen molar-refractivity contribution in [3.05, 3.63) is 53.9 Å². The Morgan fingerprint density at radius 2 is 1.96 bits per heavy atom. The van der Waals surface area contributed by atoms with Crippen LogP contribution in [0.5, 0.6) is 0 Å². The minimum Gasteiger partial charge on any atom is -0.370 e. The van der Waals surface area contributed by atoms with E-state index < -0.39 is 0 Å². The predicted octanol–water partition coefficient (Wildman–Crippen LogP) is 3.89. The van der Waals surface area contributed by atoms with Gasteiger partial charge in [-0.25, -0.2) is 0 Å². The number of hydrogen-bond donors (Lipinski definition) is 0. The smallest absolute Gasteiger partial charge is 0.0978 e. The molecule has 3 rings (SSSR count). The first kappa shape index (κ1) is 17.2. The monoisotopic (exact) mass is 327 g/mol. The van der Waals surface area contributed by atoms with Gasteiger partial charge in [0.05, 0.1) is 18.9 Å². The van der Waals surface area contributed by atoms with E-state index in [1.165, 1.54) is 11.1 Å². The van der Waals surface area contributed by atoms with Crippen LogP contribution in [0.3, 0.4) is 0 Å². The van der Waals surface area contributed by atoms with Crippen molar-refractivity contribution in [2.24, 2.45) is 5.92 Å². The first-order valence-corrected chi connectivity index (χ1v) is 8.98. The lowest BCUT2D eigenvalue weighted by Gasteiger charge is -2.43. The van der Waals surface area contributed by atoms with Crippen molar-refractivity contribution in [1.82, 2.24) is 14.7 Å². The fourth-order valence-electron chi connectivity index (χ4n) is 3.54. The molecule has 130 valence electrons. The lowest BCUT2D eigenvalue weighted by atomic mass is 9.98. The van der Waals surface area contributed by atoms with Crippen LogP contribution in [0, 0.1) is 5.92 Å². The second-order valence-electron chi connectivity index (χ2n) is 7.39. The van der Waals surface area contributed by atoms with Crippen LogP contribution in [0.4, 0.5) is 0 Å². The largest absolute Gasteiger partial charge is 0.370 e. The summed E-state index contributed by atoms with van der Waals surface area (Å²) in [6, 6.07) is 11.3. The van der Waals surface area contributed by atoms with Crippen molar-refractivity contribution in [1.29, 1.82) is 0 Å². The van der Waals surface area contributed by atoms with Gasteiger partial charge >= 0.3 is 0 Å². The molecule has 0 aliphatic carbocycles. The molecule has 0 amide bonds. The standard InChI is InChI=1S/C20H29N3O/c1-15(2)11-22-12-18(10-21-22)13-23-16(3)14-24-20(17(23)4)19-8-6-5-7-9-19/h5-10,12,15-17,20H,11,13-14H2,1-4H3/t16-,17-,20+/m1/s1. The summed E-state index contributed by atoms with van der Waals surface area (Å²) in [7, 11) is 0. The van der Waals surface area contributed by atoms with Crippen molar-refractivity contribution < 1.29 is 4.74 Å². The molecule has 1 saturated heterocycles. The number of hydrogen-bond acceptors (Lipinski definition) is 3. The molecule has 0 bridgehead atoms. The van der Waals surface area contributed by atoms with Crippen LogP contribution < -0.4 is 0 Å². The highest BCUT2D eigenvalue weighted by Gasteiger charge is 2.34. The molecule has 3 atom stereocenters. The molecule has 24 heavy (non-hydrogen) atoms. The maximum absolute atomic E-state index is 6.15. The van der Waals surface area contributed by atoms with Crippen molar-refractivity contribution in [3.8, 4) is 0 Å². The molecule has 0 spiro atoms. The van der Waals surface area contributed by atoms with Crippen molar-refractivity contribution >= 4 is 0 Å². The van der Waals surface area contributed by atoms with Gasteiger partial charge in [0.1, 0.15) is 0 Å². The number of morpholine rings is 1. The summed E-state index contributed by atoms with van der Waals surface area (Å²) in [6.45, 7) is 11.6. The summed E-state index contributed by atoms with van der Waals surface area (Å²) in [5, 5.41) is 4.51. The van der Waals surface area contributed by atoms with Gasteiger partial charge < -0.3 is 4.74 Å². The Morgan fingerprint density at radius 1 is 1.21 bits per heavy atom. The molecule has 1 aliphatic rings. The molecule has 0 unspecified atom stereocenters. The molecule has 1 fully saturated rings. The van der Waals surface area contributed by atoms with E-state index in [0.717, 1.165) is 19.7 Å². The van der Waals surface area contributed by atoms with Gasteiger partial charge in [-0.05, 0) is 25.3 Å². The highest BCUT2D eigenvalue weighted by Crippen LogP contribution is 2.31. The Labute approximate surface area is 145 Å². The molecule has 2 heterocycles. The molecule has 4 heteroatoms. The van der Waals surface area contributed by atoms with Crippen LogP contribution >= 0.6 is 0 Å². The van der Waals surface area contributed by atoms with E-state index in [0.29, 0.717) is 18.0 Å². The molecule has 2 aromatic rings. The molecule has 0 saturated carbocycles. The van der Waals surface area contributed by atoms with Crippen molar-refractivity contribution in [3.63, 3.8) is 0 Å². The molecular weight excluding hydrogens is 298 g/mol. The number of rotatable bonds is 5. The van der Waals surface area contributed by atoms with Gasteiger partial charge in [-0.1, -0.05) is 44.2 Å². The summed E-state index contributed by atoms with van der Waals surface area (Å²) in [5.74, 6) is 0.612. The van der Waals surface area contributed by atoms with E-state index in [2.05, 4.69) is 78.9 Å². The summed E-state index contributed by atoms with van der Waals surface area (Å²) in [4.78, 5) is 2.54. The minimum atomic E-state index is 0.133. The Balaban J connectivity index is 1.72. The predicted molar refractivity (Wildman–Crippen MR) is 96.7 cm³/mol. The fourth-order valence-corrected chi connectivity index (χ4v) is 3.54. The molecular formula is C20H29N3O. The van der Waals surface area contributed by atoms with Crippen LogP contribution in [0.1, 0.15) is 44.9 Å². The minimum absolute atomic E-state index is 0.133. The first-order valence-electron chi connectivity index (χ1n) is 8.98. The van der Waals surface area contributed by atoms with Crippen molar-refractivity contribution in [2.45, 2.75) is 59.0 Å². The Morgan fingerprint density at radius 3 is 2.67 bits per heavy atom. The number of ether oxygens (including phenoxy) is 1. The zero-order valence-electron chi connectivity index (χ0n) is 15.2. The SMILES string of the molecule is CC(C)Cn1cc(CN2[C@H](C)CO[C@H](c3ccccc3)[C@H]2C)cn1. The quantitative estimate of drug-likeness (QED) is 0.834. The van der Waals surface area contributed by atoms with Gasteiger partial charge in [-0.3, -0.25) is 9.58 Å². The van der Waals surface area contributed by atoms with Gasteiger partial charge in [0.15, 0.2) is 0 Å². The topological polar surface area (TPSA) is 30.3 Å². The average Bonchev–Trinajstić information content (AvgIpc) is 2.98. The lowest BCUT2D eigenvalue weighted by molar-refractivity contribution is -0.0993. The molecule has 1 aliphatic heterocycles. The summed E-state index contributed by atoms with van der Waals surface area (Å²) in [5.41, 5.74) is 2.54. The average molecular weight is 327 g/mol. The van der Waals surface area contributed by atoms with E-state index in [9.17, 15) is 0 Å². The molecule has 4 nitrogen and oxygen atoms in total. The second kappa shape index (κ2) is 7.49. The molecule has 0 radical (unpaired) electrons. The molecule has 1 aromatic carbocycles. The highest BCUT2D eigenvalue weighted by molar-refractivity contribution is 5.20. The van der Waals surface area contributed by atoms with Gasteiger partial charge in [0.2, 0.25) is 0 Å². The van der Waals surface area contributed by atoms with E-state index in [4.69, 9.17) is 4.74 Å². The third kappa shape index (κ3) is 3.87. The van der Waals surface area contributed by atoms with Gasteiger partial charge in [-0.2, -0.15) is 5.10 Å². The summed E-state index contributed by atoms with van der Waals surface area (Å²) >= 11 is 0. The van der Waals surface area contributed by atoms with E-state index in [1.54, 1.807) is 0 Å². The second-order valence-corrected chi connectivity index (χ2v) is 7.39. The molecule has 1 aromatic heterocycles. The zero-order valence-corrected chi connectivity index (χ0v) is 15.2. The van der Waals surface area contributed by atoms with Crippen LogP contribution in [-0.2, 0) is 17.8 Å². The Kier molecular flexibility index (Phi) is 5.36. The summed E-state index contributed by atoms with van der Waals surface area (Å²) in [6.07, 6.45) is 4.33. The van der Waals surface area contributed by atoms with E-state index in [-0.39, 0.29) is 6.10 Å². The van der Waals surface area contributed by atoms with Crippen molar-refractivity contribution in [2.75, 3.05) is 6.61 Å². The number of nitrogens with zero attached hydrogens (tertiary/aromatic N) is 3. The van der Waals surface area contributed by atoms with Gasteiger partial charge in [0, 0.05) is 36.9 Å². The zero-order chi connectivity index (χ0) is 17.1. The maximum atomic E-state index is 6.15. The number of benzene rings is 1. The maximum Gasteiger partial charge on any atom is 0.0978 e. The lowest BCUT2D eigenvalue weighted by Crippen LogP contribution is -2.50. The Bertz CT molecular complexity index is 637. The normalized spacial score (nSPS) is 25.3. The van der Waals surface area contributed by atoms with E-state index in [1.807, 2.05) is 6.20 Å². The Hall–Kier alpha value is -1.65. The highest BCUT2D eigenvalue weighted by atomic mass is 16.5. The van der Waals surface area contributed by atoms with Crippen LogP contribution in [0.25, 0.3) is 0 Å². The van der Waals surface area contributed by atoms with Gasteiger partial charge in [-0.15, -0.1) is 0 Å². The van der Waals surface area contributed by atoms with Crippen LogP contribution in [0.2, 0.25) is 0 Å². The third-order valence-corrected chi connectivity index (χ3v) is 4.78. The summed E-state index contributed by atoms with van der Waals surface area (Å²) < 4.78 is 8.21. The number of aromatic nitrogens is 2. The fraction of sp³-hybridized carbons (Fsp3) is 0.550. The first-order chi connectivity index (χ1) is 11.5. The third-order valence-electron chi connectivity index (χ3n) is 4.78.